The number of hydrogen-bond donors (Lipinski definition) is 1. The number of nitrogens with one attached hydrogen (secondary N) is 1. The molecular weight excluding hydrogens is 399 g/mol. The van der Waals surface area contributed by atoms with Crippen molar-refractivity contribution in [1.82, 2.24) is 14.9 Å². The van der Waals surface area contributed by atoms with Crippen molar-refractivity contribution in [3.8, 4) is 11.5 Å². The normalized spacial score (nSPS) is 31.0. The second-order valence-electron chi connectivity index (χ2n) is 6.04. The molecule has 7 nitrogen and oxygen atoms in total. The van der Waals surface area contributed by atoms with Gasteiger partial charge in [0.15, 0.2) is 11.5 Å². The van der Waals surface area contributed by atoms with Gasteiger partial charge < -0.3 is 19.5 Å². The van der Waals surface area contributed by atoms with Gasteiger partial charge in [0.05, 0.1) is 44.6 Å². The number of aryl methyl sites for hydroxylation is 1. The molecule has 1 aliphatic heterocycles. The zero-order chi connectivity index (χ0) is 36.7. The van der Waals surface area contributed by atoms with Gasteiger partial charge in [0, 0.05) is 47.6 Å². The van der Waals surface area contributed by atoms with Crippen LogP contribution in [0.25, 0.3) is 10.9 Å². The fourth-order valence-corrected chi connectivity index (χ4v) is 2.59. The minimum absolute atomic E-state index is 0.0176. The lowest BCUT2D eigenvalue weighted by Crippen LogP contribution is -2.37. The molecule has 1 aromatic heterocycles. The molecule has 3 aromatic rings. The fourth-order valence-electron chi connectivity index (χ4n) is 2.59. The summed E-state index contributed by atoms with van der Waals surface area (Å²) in [4.78, 5) is 7.32. The molecule has 2 aromatic carbocycles. The van der Waals surface area contributed by atoms with Crippen molar-refractivity contribution in [2.24, 2.45) is 0 Å². The number of benzene rings is 2. The first kappa shape index (κ1) is 8.88. The molecule has 0 atom stereocenters. The van der Waals surface area contributed by atoms with Crippen LogP contribution in [0, 0.1) is 12.7 Å². The zero-order valence-electron chi connectivity index (χ0n) is 32.9. The Bertz CT molecular complexity index is 1700. The van der Waals surface area contributed by atoms with Crippen LogP contribution >= 0.6 is 0 Å². The minimum Gasteiger partial charge on any atom is -0.493 e. The van der Waals surface area contributed by atoms with Crippen LogP contribution in [0.3, 0.4) is 0 Å². The van der Waals surface area contributed by atoms with Crippen molar-refractivity contribution in [3.63, 3.8) is 0 Å². The van der Waals surface area contributed by atoms with Crippen LogP contribution in [0.5, 0.6) is 11.5 Å². The zero-order valence-corrected chi connectivity index (χ0v) is 15.9. The maximum absolute atomic E-state index is 13.8. The van der Waals surface area contributed by atoms with Crippen molar-refractivity contribution in [2.75, 3.05) is 51.5 Å². The van der Waals surface area contributed by atoms with Gasteiger partial charge in [-0.25, -0.2) is 14.4 Å². The monoisotopic (exact) mass is 443 g/mol. The number of anilines is 2. The Hall–Kier alpha value is -2.97. The number of ether oxygens (including phenoxy) is 3. The number of aromatic nitrogens is 2. The van der Waals surface area contributed by atoms with Crippen LogP contribution in [0.1, 0.15) is 35.2 Å². The summed E-state index contributed by atoms with van der Waals surface area (Å²) in [6.45, 7) is -22.3. The minimum atomic E-state index is -4.29. The van der Waals surface area contributed by atoms with E-state index in [2.05, 4.69) is 20.0 Å². The molecule has 0 radical (unpaired) electrons. The van der Waals surface area contributed by atoms with E-state index in [9.17, 15) is 4.39 Å². The SMILES string of the molecule is [2H]C([2H])([2H])Oc1cc2ncnc(Nc3ccc(F)c(C)c3)c2cc1OC([2H])([2H])C([2H])([2H])C([2H])([2H])N1C([2H])([2H])C([2H])([2H])OC([2H])([2H])C1([2H])[2H]. The molecule has 2 heterocycles. The number of morpholine rings is 1. The van der Waals surface area contributed by atoms with Crippen LogP contribution in [0.15, 0.2) is 36.7 Å². The summed E-state index contributed by atoms with van der Waals surface area (Å²) in [7, 11) is -3.21. The Morgan fingerprint density at radius 3 is 2.94 bits per heavy atom. The van der Waals surface area contributed by atoms with Crippen LogP contribution < -0.4 is 14.8 Å². The van der Waals surface area contributed by atoms with E-state index in [0.717, 1.165) is 18.5 Å². The summed E-state index contributed by atoms with van der Waals surface area (Å²) in [6.07, 6.45) is -3.16. The molecule has 8 heteroatoms. The lowest BCUT2D eigenvalue weighted by atomic mass is 10.2. The average Bonchev–Trinajstić information content (AvgIpc) is 2.88. The van der Waals surface area contributed by atoms with E-state index in [4.69, 9.17) is 32.8 Å². The number of methoxy groups -OCH3 is 1. The molecule has 1 saturated heterocycles. The smallest absolute Gasteiger partial charge is 0.162 e. The predicted molar refractivity (Wildman–Crippen MR) is 118 cm³/mol. The van der Waals surface area contributed by atoms with Crippen molar-refractivity contribution in [3.05, 3.63) is 48.0 Å². The lowest BCUT2D eigenvalue weighted by molar-refractivity contribution is 0.0357. The highest BCUT2D eigenvalue weighted by Crippen LogP contribution is 2.35. The standard InChI is InChI=1S/C23H27FN4O3/c1-16-12-17(4-5-19(16)24)27-23-18-13-22(21(29-2)14-20(18)25-15-26-23)31-9-3-6-28-7-10-30-11-8-28/h4-5,12-15H,3,6-11H2,1-2H3,(H,25,26,27)/i2D3,3D2,6D2,7D2,8D2,9D2,10D2,11D2. The van der Waals surface area contributed by atoms with Gasteiger partial charge >= 0.3 is 0 Å². The van der Waals surface area contributed by atoms with Crippen molar-refractivity contribution >= 4 is 22.4 Å². The van der Waals surface area contributed by atoms with E-state index in [1.54, 1.807) is 0 Å². The summed E-state index contributed by atoms with van der Waals surface area (Å²) in [5.74, 6) is -2.16. The first-order valence-corrected chi connectivity index (χ1v) is 8.69. The van der Waals surface area contributed by atoms with Crippen molar-refractivity contribution < 1.29 is 41.9 Å². The van der Waals surface area contributed by atoms with Crippen LogP contribution in [0.4, 0.5) is 15.9 Å². The lowest BCUT2D eigenvalue weighted by Gasteiger charge is -2.26. The van der Waals surface area contributed by atoms with E-state index in [1.165, 1.54) is 25.1 Å². The van der Waals surface area contributed by atoms with Gasteiger partial charge in [-0.15, -0.1) is 0 Å². The molecule has 0 bridgehead atoms. The molecule has 1 aliphatic rings. The summed E-state index contributed by atoms with van der Waals surface area (Å²) in [6, 6.07) is 5.84. The van der Waals surface area contributed by atoms with Crippen molar-refractivity contribution in [2.45, 2.75) is 13.3 Å². The number of fused-ring (bicyclic) bond motifs is 1. The van der Waals surface area contributed by atoms with Crippen molar-refractivity contribution in [1.29, 1.82) is 0 Å². The average molecular weight is 444 g/mol. The molecule has 1 N–H and O–H groups in total. The van der Waals surface area contributed by atoms with Gasteiger partial charge in [0.25, 0.3) is 0 Å². The molecule has 4 rings (SSSR count). The van der Waals surface area contributed by atoms with Gasteiger partial charge in [-0.1, -0.05) is 0 Å². The van der Waals surface area contributed by atoms with E-state index in [0.29, 0.717) is 5.69 Å². The molecule has 31 heavy (non-hydrogen) atoms. The highest BCUT2D eigenvalue weighted by atomic mass is 19.1. The number of hydrogen-bond acceptors (Lipinski definition) is 7. The van der Waals surface area contributed by atoms with Gasteiger partial charge in [0.1, 0.15) is 18.0 Å². The highest BCUT2D eigenvalue weighted by Gasteiger charge is 2.13. The summed E-state index contributed by atoms with van der Waals surface area (Å²) < 4.78 is 166. The topological polar surface area (TPSA) is 68.7 Å². The molecule has 1 fully saturated rings. The van der Waals surface area contributed by atoms with Gasteiger partial charge in [-0.2, -0.15) is 0 Å². The Labute approximate surface area is 205 Å². The Morgan fingerprint density at radius 1 is 1.26 bits per heavy atom. The summed E-state index contributed by atoms with van der Waals surface area (Å²) >= 11 is 0. The number of halogens is 1. The third-order valence-electron chi connectivity index (χ3n) is 4.03. The number of rotatable bonds is 8. The largest absolute Gasteiger partial charge is 0.493 e. The van der Waals surface area contributed by atoms with Crippen LogP contribution in [0.2, 0.25) is 0 Å². The molecule has 164 valence electrons. The van der Waals surface area contributed by atoms with Crippen LogP contribution in [-0.2, 0) is 4.74 Å². The Kier molecular flexibility index (Phi) is 2.83. The van der Waals surface area contributed by atoms with E-state index >= 15 is 0 Å². The quantitative estimate of drug-likeness (QED) is 0.566. The second-order valence-corrected chi connectivity index (χ2v) is 6.04. The maximum atomic E-state index is 13.8. The van der Waals surface area contributed by atoms with Gasteiger partial charge in [0.2, 0.25) is 0 Å². The first-order chi connectivity index (χ1) is 21.5. The van der Waals surface area contributed by atoms with Gasteiger partial charge in [-0.3, -0.25) is 4.90 Å². The molecule has 0 spiro atoms. The van der Waals surface area contributed by atoms with E-state index in [-0.39, 0.29) is 22.3 Å². The highest BCUT2D eigenvalue weighted by molar-refractivity contribution is 5.93. The Balaban J connectivity index is 1.86. The fraction of sp³-hybridized carbons (Fsp3) is 0.391. The molecule has 0 aliphatic carbocycles. The van der Waals surface area contributed by atoms with Crippen LogP contribution in [-0.4, -0.2) is 61.1 Å². The molecule has 0 saturated carbocycles. The summed E-state index contributed by atoms with van der Waals surface area (Å²) in [5, 5.41) is 2.86. The summed E-state index contributed by atoms with van der Waals surface area (Å²) in [5.41, 5.74) is 0.569. The molecular formula is C23H27FN4O3. The third-order valence-corrected chi connectivity index (χ3v) is 4.03. The van der Waals surface area contributed by atoms with E-state index in [1.807, 2.05) is 0 Å². The molecule has 0 unspecified atom stereocenters. The predicted octanol–water partition coefficient (Wildman–Crippen LogP) is 3.93. The number of nitrogens with zero attached hydrogens (tertiary/aromatic N) is 3. The van der Waals surface area contributed by atoms with Gasteiger partial charge in [-0.05, 0) is 43.1 Å². The third kappa shape index (κ3) is 5.21. The van der Waals surface area contributed by atoms with E-state index < -0.39 is 74.8 Å². The first-order valence-electron chi connectivity index (χ1n) is 17.2. The molecule has 0 amide bonds. The Morgan fingerprint density at radius 2 is 2.13 bits per heavy atom. The maximum Gasteiger partial charge on any atom is 0.162 e. The second kappa shape index (κ2) is 9.89.